The molecule has 0 radical (unpaired) electrons. The third-order valence-corrected chi connectivity index (χ3v) is 3.29. The van der Waals surface area contributed by atoms with Crippen LogP contribution in [0.2, 0.25) is 0 Å². The van der Waals surface area contributed by atoms with E-state index >= 15 is 0 Å². The molecule has 0 bridgehead atoms. The molecule has 1 aliphatic rings. The standard InChI is InChI=1S/C14H15N3O2/c1-16(2)8-9-6-7-17-10-4-3-5-11(18)12(10)14(19)15-13(9)17/h3-5,8,18H,6-7H2,1-2H3/b9-8+. The number of aromatic hydroxyl groups is 1. The average molecular weight is 257 g/mol. The van der Waals surface area contributed by atoms with Gasteiger partial charge in [0.15, 0.2) is 0 Å². The maximum absolute atomic E-state index is 12.1. The zero-order chi connectivity index (χ0) is 13.6. The Morgan fingerprint density at radius 3 is 2.95 bits per heavy atom. The topological polar surface area (TPSA) is 58.4 Å². The SMILES string of the molecule is CN(C)/C=C1\CCn2c1nc(=O)c1c(O)cccc12. The molecule has 5 nitrogen and oxygen atoms in total. The minimum atomic E-state index is -0.370. The number of rotatable bonds is 1. The summed E-state index contributed by atoms with van der Waals surface area (Å²) in [5.41, 5.74) is 1.43. The normalized spacial score (nSPS) is 16.0. The largest absolute Gasteiger partial charge is 0.507 e. The van der Waals surface area contributed by atoms with Crippen LogP contribution in [0.1, 0.15) is 12.2 Å². The van der Waals surface area contributed by atoms with Crippen LogP contribution in [0.4, 0.5) is 0 Å². The number of phenols is 1. The van der Waals surface area contributed by atoms with Gasteiger partial charge < -0.3 is 14.6 Å². The van der Waals surface area contributed by atoms with Crippen LogP contribution >= 0.6 is 0 Å². The molecule has 0 unspecified atom stereocenters. The van der Waals surface area contributed by atoms with Crippen molar-refractivity contribution in [3.05, 3.63) is 40.6 Å². The summed E-state index contributed by atoms with van der Waals surface area (Å²) in [4.78, 5) is 18.1. The highest BCUT2D eigenvalue weighted by Gasteiger charge is 2.21. The Hall–Kier alpha value is -2.30. The molecule has 19 heavy (non-hydrogen) atoms. The minimum Gasteiger partial charge on any atom is -0.507 e. The number of allylic oxidation sites excluding steroid dienone is 1. The summed E-state index contributed by atoms with van der Waals surface area (Å²) in [5.74, 6) is 0.701. The van der Waals surface area contributed by atoms with Gasteiger partial charge in [-0.3, -0.25) is 4.79 Å². The summed E-state index contributed by atoms with van der Waals surface area (Å²) >= 11 is 0. The minimum absolute atomic E-state index is 0.00432. The molecule has 98 valence electrons. The van der Waals surface area contributed by atoms with Crippen LogP contribution in [0.25, 0.3) is 16.5 Å². The molecule has 0 spiro atoms. The van der Waals surface area contributed by atoms with Gasteiger partial charge >= 0.3 is 0 Å². The summed E-state index contributed by atoms with van der Waals surface area (Å²) < 4.78 is 1.99. The van der Waals surface area contributed by atoms with Gasteiger partial charge in [0.2, 0.25) is 0 Å². The van der Waals surface area contributed by atoms with Gasteiger partial charge in [0.1, 0.15) is 17.0 Å². The quantitative estimate of drug-likeness (QED) is 0.839. The van der Waals surface area contributed by atoms with E-state index in [2.05, 4.69) is 4.98 Å². The van der Waals surface area contributed by atoms with Crippen molar-refractivity contribution in [2.24, 2.45) is 0 Å². The maximum atomic E-state index is 12.1. The molecule has 0 atom stereocenters. The van der Waals surface area contributed by atoms with Gasteiger partial charge in [0.25, 0.3) is 5.56 Å². The summed E-state index contributed by atoms with van der Waals surface area (Å²) in [6, 6.07) is 5.11. The van der Waals surface area contributed by atoms with Crippen LogP contribution in [0.3, 0.4) is 0 Å². The second-order valence-electron chi connectivity index (χ2n) is 4.93. The van der Waals surface area contributed by atoms with E-state index < -0.39 is 0 Å². The van der Waals surface area contributed by atoms with Crippen LogP contribution in [-0.2, 0) is 6.54 Å². The number of hydrogen-bond acceptors (Lipinski definition) is 4. The summed E-state index contributed by atoms with van der Waals surface area (Å²) in [7, 11) is 3.89. The van der Waals surface area contributed by atoms with Gasteiger partial charge in [-0.25, -0.2) is 0 Å². The van der Waals surface area contributed by atoms with Crippen molar-refractivity contribution in [3.63, 3.8) is 0 Å². The molecule has 1 aromatic heterocycles. The first-order valence-corrected chi connectivity index (χ1v) is 6.18. The Morgan fingerprint density at radius 2 is 2.21 bits per heavy atom. The van der Waals surface area contributed by atoms with Crippen molar-refractivity contribution in [1.29, 1.82) is 0 Å². The molecule has 0 aliphatic carbocycles. The first-order valence-electron chi connectivity index (χ1n) is 6.18. The van der Waals surface area contributed by atoms with Gasteiger partial charge in [-0.1, -0.05) is 6.07 Å². The number of benzene rings is 1. The molecule has 3 rings (SSSR count). The highest BCUT2D eigenvalue weighted by Crippen LogP contribution is 2.30. The van der Waals surface area contributed by atoms with E-state index in [0.717, 1.165) is 24.1 Å². The third-order valence-electron chi connectivity index (χ3n) is 3.29. The first kappa shape index (κ1) is 11.8. The molecule has 1 N–H and O–H groups in total. The monoisotopic (exact) mass is 257 g/mol. The molecule has 2 heterocycles. The van der Waals surface area contributed by atoms with Crippen LogP contribution in [0.5, 0.6) is 5.75 Å². The number of nitrogens with zero attached hydrogens (tertiary/aromatic N) is 3. The molecule has 0 saturated heterocycles. The van der Waals surface area contributed by atoms with Gasteiger partial charge in [-0.05, 0) is 18.6 Å². The fourth-order valence-corrected chi connectivity index (χ4v) is 2.55. The number of phenolic OH excluding ortho intramolecular Hbond substituents is 1. The number of fused-ring (bicyclic) bond motifs is 3. The third kappa shape index (κ3) is 1.78. The molecule has 1 aromatic carbocycles. The van der Waals surface area contributed by atoms with Crippen molar-refractivity contribution >= 4 is 16.5 Å². The zero-order valence-corrected chi connectivity index (χ0v) is 10.9. The number of hydrogen-bond donors (Lipinski definition) is 1. The van der Waals surface area contributed by atoms with E-state index in [4.69, 9.17) is 0 Å². The lowest BCUT2D eigenvalue weighted by Gasteiger charge is -2.10. The van der Waals surface area contributed by atoms with Crippen molar-refractivity contribution in [2.75, 3.05) is 14.1 Å². The Labute approximate surface area is 110 Å². The van der Waals surface area contributed by atoms with Gasteiger partial charge in [0, 0.05) is 32.4 Å². The molecule has 5 heteroatoms. The molecular weight excluding hydrogens is 242 g/mol. The Balaban J connectivity index is 2.35. The van der Waals surface area contributed by atoms with E-state index in [1.807, 2.05) is 35.8 Å². The summed E-state index contributed by atoms with van der Waals surface area (Å²) in [6.45, 7) is 0.780. The fourth-order valence-electron chi connectivity index (χ4n) is 2.55. The van der Waals surface area contributed by atoms with Crippen molar-refractivity contribution in [3.8, 4) is 5.75 Å². The second-order valence-corrected chi connectivity index (χ2v) is 4.93. The van der Waals surface area contributed by atoms with Gasteiger partial charge in [0.05, 0.1) is 5.52 Å². The lowest BCUT2D eigenvalue weighted by molar-refractivity contribution is 0.480. The van der Waals surface area contributed by atoms with E-state index in [1.54, 1.807) is 6.07 Å². The van der Waals surface area contributed by atoms with Crippen LogP contribution < -0.4 is 5.56 Å². The average Bonchev–Trinajstić information content (AvgIpc) is 2.72. The Morgan fingerprint density at radius 1 is 1.42 bits per heavy atom. The molecule has 0 saturated carbocycles. The molecule has 0 fully saturated rings. The number of aromatic nitrogens is 2. The summed E-state index contributed by atoms with van der Waals surface area (Å²) in [6.07, 6.45) is 2.83. The van der Waals surface area contributed by atoms with Crippen LogP contribution in [0.15, 0.2) is 29.2 Å². The lowest BCUT2D eigenvalue weighted by Crippen LogP contribution is -2.15. The maximum Gasteiger partial charge on any atom is 0.284 e. The fraction of sp³-hybridized carbons (Fsp3) is 0.286. The van der Waals surface area contributed by atoms with E-state index in [-0.39, 0.29) is 11.3 Å². The zero-order valence-electron chi connectivity index (χ0n) is 10.9. The lowest BCUT2D eigenvalue weighted by atomic mass is 10.2. The molecular formula is C14H15N3O2. The summed E-state index contributed by atoms with van der Waals surface area (Å²) in [5, 5.41) is 10.1. The highest BCUT2D eigenvalue weighted by molar-refractivity contribution is 5.86. The van der Waals surface area contributed by atoms with Gasteiger partial charge in [-0.2, -0.15) is 4.98 Å². The molecule has 1 aliphatic heterocycles. The smallest absolute Gasteiger partial charge is 0.284 e. The first-order chi connectivity index (χ1) is 9.08. The van der Waals surface area contributed by atoms with E-state index in [1.165, 1.54) is 6.07 Å². The van der Waals surface area contributed by atoms with Crippen LogP contribution in [0, 0.1) is 0 Å². The van der Waals surface area contributed by atoms with Crippen LogP contribution in [-0.4, -0.2) is 33.7 Å². The van der Waals surface area contributed by atoms with E-state index in [0.29, 0.717) is 11.2 Å². The highest BCUT2D eigenvalue weighted by atomic mass is 16.3. The molecule has 0 amide bonds. The van der Waals surface area contributed by atoms with Crippen molar-refractivity contribution < 1.29 is 5.11 Å². The van der Waals surface area contributed by atoms with Gasteiger partial charge in [-0.15, -0.1) is 0 Å². The number of aryl methyl sites for hydroxylation is 1. The Kier molecular flexibility index (Phi) is 2.55. The van der Waals surface area contributed by atoms with Crippen molar-refractivity contribution in [2.45, 2.75) is 13.0 Å². The Bertz CT molecular complexity index is 744. The molecule has 2 aromatic rings. The van der Waals surface area contributed by atoms with E-state index in [9.17, 15) is 9.90 Å². The predicted octanol–water partition coefficient (Wildman–Crippen LogP) is 1.41. The predicted molar refractivity (Wildman–Crippen MR) is 73.9 cm³/mol. The van der Waals surface area contributed by atoms with Crippen molar-refractivity contribution in [1.82, 2.24) is 14.5 Å². The second kappa shape index (κ2) is 4.12.